The van der Waals surface area contributed by atoms with Crippen molar-refractivity contribution in [1.29, 1.82) is 0 Å². The summed E-state index contributed by atoms with van der Waals surface area (Å²) in [6.45, 7) is 6.43. The number of carbonyl (C=O) groups is 1. The molecule has 8 heteroatoms. The molecule has 1 fully saturated rings. The van der Waals surface area contributed by atoms with E-state index in [-0.39, 0.29) is 22.9 Å². The topological polar surface area (TPSA) is 70.2 Å². The predicted octanol–water partition coefficient (Wildman–Crippen LogP) is 2.04. The molecular weight excluding hydrogens is 390 g/mol. The molecule has 29 heavy (non-hydrogen) atoms. The summed E-state index contributed by atoms with van der Waals surface area (Å²) in [7, 11) is -0.132. The quantitative estimate of drug-likeness (QED) is 0.725. The fourth-order valence-electron chi connectivity index (χ4n) is 3.97. The van der Waals surface area contributed by atoms with E-state index in [9.17, 15) is 13.2 Å². The van der Waals surface area contributed by atoms with E-state index >= 15 is 0 Å². The standard InChI is InChI=1S/C21H33N3O4S/c1-16(2)9-14-24-17-10-12-23(15-21(25)22(3)4)13-11-18(17)28-19-7-5-6-8-20(19)29(24,26)27/h5-8,16-18H,9-15H2,1-4H3/t17-,18-/m0/s1. The van der Waals surface area contributed by atoms with Gasteiger partial charge in [0.1, 0.15) is 16.7 Å². The third-order valence-electron chi connectivity index (χ3n) is 5.77. The Morgan fingerprint density at radius 2 is 1.90 bits per heavy atom. The zero-order valence-electron chi connectivity index (χ0n) is 17.9. The van der Waals surface area contributed by atoms with Crippen molar-refractivity contribution in [2.24, 2.45) is 5.92 Å². The van der Waals surface area contributed by atoms with Crippen LogP contribution in [0.2, 0.25) is 0 Å². The molecule has 0 N–H and O–H groups in total. The molecule has 2 aliphatic rings. The highest BCUT2D eigenvalue weighted by Gasteiger charge is 2.43. The number of hydrogen-bond acceptors (Lipinski definition) is 5. The number of sulfonamides is 1. The van der Waals surface area contributed by atoms with Crippen molar-refractivity contribution in [1.82, 2.24) is 14.1 Å². The maximum Gasteiger partial charge on any atom is 0.247 e. The van der Waals surface area contributed by atoms with Crippen molar-refractivity contribution in [3.05, 3.63) is 24.3 Å². The Labute approximate surface area is 174 Å². The van der Waals surface area contributed by atoms with Gasteiger partial charge < -0.3 is 9.64 Å². The highest BCUT2D eigenvalue weighted by Crippen LogP contribution is 2.36. The summed E-state index contributed by atoms with van der Waals surface area (Å²) in [5, 5.41) is 0. The third-order valence-corrected chi connectivity index (χ3v) is 7.73. The van der Waals surface area contributed by atoms with E-state index in [2.05, 4.69) is 18.7 Å². The van der Waals surface area contributed by atoms with Crippen LogP contribution in [0.1, 0.15) is 33.1 Å². The summed E-state index contributed by atoms with van der Waals surface area (Å²) >= 11 is 0. The molecule has 0 aromatic heterocycles. The van der Waals surface area contributed by atoms with Crippen LogP contribution in [0.3, 0.4) is 0 Å². The predicted molar refractivity (Wildman–Crippen MR) is 112 cm³/mol. The Hall–Kier alpha value is -1.64. The molecule has 2 atom stereocenters. The van der Waals surface area contributed by atoms with Crippen molar-refractivity contribution in [2.45, 2.75) is 50.2 Å². The number of likely N-dealkylation sites (N-methyl/N-ethyl adjacent to an activating group) is 1. The molecule has 0 unspecified atom stereocenters. The summed E-state index contributed by atoms with van der Waals surface area (Å²) in [6.07, 6.45) is 1.91. The lowest BCUT2D eigenvalue weighted by Crippen LogP contribution is -2.47. The van der Waals surface area contributed by atoms with Crippen LogP contribution < -0.4 is 4.74 Å². The van der Waals surface area contributed by atoms with Gasteiger partial charge in [-0.1, -0.05) is 26.0 Å². The maximum atomic E-state index is 13.5. The Bertz CT molecular complexity index is 825. The highest BCUT2D eigenvalue weighted by molar-refractivity contribution is 7.89. The maximum absolute atomic E-state index is 13.5. The minimum atomic E-state index is -3.64. The molecule has 1 saturated heterocycles. The lowest BCUT2D eigenvalue weighted by molar-refractivity contribution is -0.129. The molecule has 3 rings (SSSR count). The molecule has 1 aromatic rings. The fraction of sp³-hybridized carbons (Fsp3) is 0.667. The molecule has 0 spiro atoms. The van der Waals surface area contributed by atoms with Gasteiger partial charge in [-0.2, -0.15) is 4.31 Å². The number of benzene rings is 1. The van der Waals surface area contributed by atoms with Crippen LogP contribution >= 0.6 is 0 Å². The van der Waals surface area contributed by atoms with Gasteiger partial charge in [-0.3, -0.25) is 9.69 Å². The molecule has 0 saturated carbocycles. The first-order chi connectivity index (χ1) is 13.7. The van der Waals surface area contributed by atoms with Gasteiger partial charge in [0.15, 0.2) is 0 Å². The molecule has 0 bridgehead atoms. The van der Waals surface area contributed by atoms with Crippen molar-refractivity contribution >= 4 is 15.9 Å². The van der Waals surface area contributed by atoms with Gasteiger partial charge in [0, 0.05) is 33.7 Å². The summed E-state index contributed by atoms with van der Waals surface area (Å²) in [5.74, 6) is 0.901. The monoisotopic (exact) mass is 423 g/mol. The van der Waals surface area contributed by atoms with Gasteiger partial charge in [0.05, 0.1) is 12.6 Å². The number of fused-ring (bicyclic) bond motifs is 2. The van der Waals surface area contributed by atoms with Crippen LogP contribution in [0, 0.1) is 5.92 Å². The van der Waals surface area contributed by atoms with Gasteiger partial charge in [-0.25, -0.2) is 8.42 Å². The van der Waals surface area contributed by atoms with Crippen LogP contribution in [0.5, 0.6) is 5.75 Å². The lowest BCUT2D eigenvalue weighted by atomic mass is 10.0. The van der Waals surface area contributed by atoms with Gasteiger partial charge >= 0.3 is 0 Å². The number of likely N-dealkylation sites (tertiary alicyclic amines) is 1. The Morgan fingerprint density at radius 1 is 1.21 bits per heavy atom. The molecular formula is C21H33N3O4S. The summed E-state index contributed by atoms with van der Waals surface area (Å²) in [5.41, 5.74) is 0. The van der Waals surface area contributed by atoms with Gasteiger partial charge in [0.2, 0.25) is 15.9 Å². The first kappa shape index (κ1) is 22.1. The number of para-hydroxylation sites is 1. The highest BCUT2D eigenvalue weighted by atomic mass is 32.2. The smallest absolute Gasteiger partial charge is 0.247 e. The normalized spacial score (nSPS) is 24.7. The molecule has 1 amide bonds. The van der Waals surface area contributed by atoms with Gasteiger partial charge in [-0.05, 0) is 37.3 Å². The average Bonchev–Trinajstić information content (AvgIpc) is 2.89. The molecule has 162 valence electrons. The van der Waals surface area contributed by atoms with Crippen LogP contribution in [-0.4, -0.2) is 80.9 Å². The molecule has 7 nitrogen and oxygen atoms in total. The molecule has 2 heterocycles. The average molecular weight is 424 g/mol. The van der Waals surface area contributed by atoms with Gasteiger partial charge in [-0.15, -0.1) is 0 Å². The second-order valence-corrected chi connectivity index (χ2v) is 10.5. The number of amides is 1. The Morgan fingerprint density at radius 3 is 2.59 bits per heavy atom. The summed E-state index contributed by atoms with van der Waals surface area (Å²) in [6, 6.07) is 6.71. The fourth-order valence-corrected chi connectivity index (χ4v) is 5.79. The Balaban J connectivity index is 1.90. The molecule has 0 aliphatic carbocycles. The van der Waals surface area contributed by atoms with Gasteiger partial charge in [0.25, 0.3) is 0 Å². The number of hydrogen-bond donors (Lipinski definition) is 0. The zero-order valence-corrected chi connectivity index (χ0v) is 18.7. The second-order valence-electron chi connectivity index (χ2n) is 8.61. The van der Waals surface area contributed by atoms with E-state index in [4.69, 9.17) is 4.74 Å². The van der Waals surface area contributed by atoms with E-state index < -0.39 is 10.0 Å². The lowest BCUT2D eigenvalue weighted by Gasteiger charge is -2.32. The first-order valence-corrected chi connectivity index (χ1v) is 11.8. The van der Waals surface area contributed by atoms with Crippen molar-refractivity contribution in [3.63, 3.8) is 0 Å². The van der Waals surface area contributed by atoms with Crippen LogP contribution in [-0.2, 0) is 14.8 Å². The number of carbonyl (C=O) groups excluding carboxylic acids is 1. The first-order valence-electron chi connectivity index (χ1n) is 10.4. The van der Waals surface area contributed by atoms with Crippen molar-refractivity contribution in [2.75, 3.05) is 40.3 Å². The van der Waals surface area contributed by atoms with Crippen LogP contribution in [0.25, 0.3) is 0 Å². The molecule has 0 radical (unpaired) electrons. The summed E-state index contributed by atoms with van der Waals surface area (Å²) in [4.78, 5) is 16.1. The van der Waals surface area contributed by atoms with E-state index in [1.54, 1.807) is 41.5 Å². The van der Waals surface area contributed by atoms with E-state index in [1.165, 1.54) is 0 Å². The van der Waals surface area contributed by atoms with E-state index in [0.717, 1.165) is 6.42 Å². The number of nitrogens with zero attached hydrogens (tertiary/aromatic N) is 3. The molecule has 1 aromatic carbocycles. The van der Waals surface area contributed by atoms with Crippen molar-refractivity contribution in [3.8, 4) is 5.75 Å². The van der Waals surface area contributed by atoms with Crippen LogP contribution in [0.15, 0.2) is 29.2 Å². The second kappa shape index (κ2) is 9.02. The zero-order chi connectivity index (χ0) is 21.2. The number of rotatable bonds is 5. The third kappa shape index (κ3) is 4.92. The van der Waals surface area contributed by atoms with Crippen LogP contribution in [0.4, 0.5) is 0 Å². The minimum Gasteiger partial charge on any atom is -0.487 e. The van der Waals surface area contributed by atoms with E-state index in [1.807, 2.05) is 6.07 Å². The SMILES string of the molecule is CC(C)CCN1[C@H]2CCN(CC(=O)N(C)C)CC[C@@H]2Oc2ccccc2S1(=O)=O. The Kier molecular flexibility index (Phi) is 6.86. The largest absolute Gasteiger partial charge is 0.487 e. The number of ether oxygens (including phenoxy) is 1. The van der Waals surface area contributed by atoms with Crippen molar-refractivity contribution < 1.29 is 17.9 Å². The summed E-state index contributed by atoms with van der Waals surface area (Å²) < 4.78 is 35.0. The van der Waals surface area contributed by atoms with E-state index in [0.29, 0.717) is 50.7 Å². The molecule has 2 aliphatic heterocycles. The minimum absolute atomic E-state index is 0.0580.